The molecule has 0 bridgehead atoms. The smallest absolute Gasteiger partial charge is 0.309 e. The molecule has 0 amide bonds. The Kier molecular flexibility index (Phi) is 1.25. The number of hydrogen-bond donors (Lipinski definition) is 0. The van der Waals surface area contributed by atoms with Crippen LogP contribution in [0.15, 0.2) is 0 Å². The summed E-state index contributed by atoms with van der Waals surface area (Å²) in [5, 5.41) is 0. The average molecular weight is 162 g/mol. The fraction of sp³-hybridized carbons (Fsp3) is 0.714. The van der Waals surface area contributed by atoms with E-state index in [4.69, 9.17) is 4.11 Å². The molecule has 1 aliphatic rings. The van der Waals surface area contributed by atoms with Crippen LogP contribution in [0.4, 0.5) is 0 Å². The maximum Gasteiger partial charge on any atom is 0.309 e. The van der Waals surface area contributed by atoms with Gasteiger partial charge in [-0.3, -0.25) is 9.59 Å². The molecule has 0 aromatic heterocycles. The SMILES string of the molecule is [2H][13CH]1[C@]([2H])(C(=O)OC)[C@@]1([2H])C(=O)OC. The van der Waals surface area contributed by atoms with E-state index in [0.717, 1.165) is 14.2 Å². The van der Waals surface area contributed by atoms with Crippen molar-refractivity contribution in [3.63, 3.8) is 0 Å². The monoisotopic (exact) mass is 162 g/mol. The molecule has 1 rings (SSSR count). The van der Waals surface area contributed by atoms with Gasteiger partial charge < -0.3 is 9.47 Å². The second kappa shape index (κ2) is 2.90. The van der Waals surface area contributed by atoms with Crippen molar-refractivity contribution in [1.82, 2.24) is 0 Å². The molecule has 1 saturated carbocycles. The van der Waals surface area contributed by atoms with Crippen LogP contribution < -0.4 is 0 Å². The summed E-state index contributed by atoms with van der Waals surface area (Å²) in [4.78, 5) is 22.2. The summed E-state index contributed by atoms with van der Waals surface area (Å²) in [5.74, 6) is -6.43. The summed E-state index contributed by atoms with van der Waals surface area (Å²) in [5.41, 5.74) is 0. The molecule has 0 aromatic carbocycles. The van der Waals surface area contributed by atoms with E-state index in [1.54, 1.807) is 0 Å². The first kappa shape index (κ1) is 4.74. The van der Waals surface area contributed by atoms with Gasteiger partial charge in [-0.1, -0.05) is 0 Å². The Hall–Kier alpha value is -1.06. The molecular formula is C7H10O4. The van der Waals surface area contributed by atoms with E-state index in [1.807, 2.05) is 0 Å². The van der Waals surface area contributed by atoms with Gasteiger partial charge in [0, 0.05) is 4.11 Å². The molecule has 11 heavy (non-hydrogen) atoms. The first-order valence-electron chi connectivity index (χ1n) is 4.54. The summed E-state index contributed by atoms with van der Waals surface area (Å²) in [6.07, 6.45) is -1.46. The molecular weight excluding hydrogens is 149 g/mol. The van der Waals surface area contributed by atoms with E-state index in [1.165, 1.54) is 0 Å². The van der Waals surface area contributed by atoms with Crippen LogP contribution in [0.5, 0.6) is 0 Å². The van der Waals surface area contributed by atoms with Gasteiger partial charge >= 0.3 is 11.9 Å². The number of esters is 2. The molecule has 1 fully saturated rings. The zero-order chi connectivity index (χ0) is 11.1. The van der Waals surface area contributed by atoms with Crippen LogP contribution in [0.3, 0.4) is 0 Å². The number of rotatable bonds is 2. The van der Waals surface area contributed by atoms with Gasteiger partial charge in [-0.2, -0.15) is 0 Å². The van der Waals surface area contributed by atoms with Gasteiger partial charge in [-0.25, -0.2) is 0 Å². The summed E-state index contributed by atoms with van der Waals surface area (Å²) in [6, 6.07) is 0. The first-order valence-corrected chi connectivity index (χ1v) is 2.96. The second-order valence-electron chi connectivity index (χ2n) is 1.95. The maximum absolute atomic E-state index is 11.1. The summed E-state index contributed by atoms with van der Waals surface area (Å²) in [7, 11) is 2.09. The maximum atomic E-state index is 11.1. The van der Waals surface area contributed by atoms with Crippen molar-refractivity contribution < 1.29 is 23.2 Å². The molecule has 0 aliphatic heterocycles. The normalized spacial score (nSPS) is 51.5. The Labute approximate surface area is 68.7 Å². The highest BCUT2D eigenvalue weighted by Gasteiger charge is 2.49. The van der Waals surface area contributed by atoms with Crippen molar-refractivity contribution in [2.24, 2.45) is 11.8 Å². The number of hydrogen-bond acceptors (Lipinski definition) is 4. The van der Waals surface area contributed by atoms with Crippen LogP contribution in [0.2, 0.25) is 0 Å². The summed E-state index contributed by atoms with van der Waals surface area (Å²) in [6.45, 7) is 0. The third-order valence-corrected chi connectivity index (χ3v) is 1.31. The highest BCUT2D eigenvalue weighted by molar-refractivity contribution is 5.87. The van der Waals surface area contributed by atoms with Crippen LogP contribution >= 0.6 is 0 Å². The Morgan fingerprint density at radius 1 is 1.36 bits per heavy atom. The minimum atomic E-state index is -2.16. The molecule has 0 saturated heterocycles. The molecule has 0 radical (unpaired) electrons. The highest BCUT2D eigenvalue weighted by atomic mass is 16.5. The third-order valence-electron chi connectivity index (χ3n) is 1.31. The van der Waals surface area contributed by atoms with Gasteiger partial charge in [0.2, 0.25) is 0 Å². The largest absolute Gasteiger partial charge is 0.469 e. The molecule has 2 atom stereocenters. The van der Waals surface area contributed by atoms with Crippen molar-refractivity contribution in [3.8, 4) is 0 Å². The van der Waals surface area contributed by atoms with Crippen LogP contribution in [0, 0.1) is 11.8 Å². The summed E-state index contributed by atoms with van der Waals surface area (Å²) >= 11 is 0. The lowest BCUT2D eigenvalue weighted by atomic mass is 10.3. The van der Waals surface area contributed by atoms with E-state index in [0.29, 0.717) is 0 Å². The van der Waals surface area contributed by atoms with Crippen molar-refractivity contribution in [1.29, 1.82) is 0 Å². The standard InChI is InChI=1S/C7H10O4/c1-10-6(8)4-3-5(4)7(9)11-2/h4-5H,3H2,1-2H3/t4-,5-/m0/s1/i3+1D,4D,5D. The molecule has 0 spiro atoms. The third kappa shape index (κ3) is 1.50. The number of ether oxygens (including phenoxy) is 2. The van der Waals surface area contributed by atoms with Crippen LogP contribution in [0.1, 0.15) is 10.5 Å². The van der Waals surface area contributed by atoms with Crippen molar-refractivity contribution in [3.05, 3.63) is 0 Å². The van der Waals surface area contributed by atoms with Crippen LogP contribution in [-0.2, 0) is 19.1 Å². The van der Waals surface area contributed by atoms with Gasteiger partial charge in [-0.05, 0) is 6.40 Å². The summed E-state index contributed by atoms with van der Waals surface area (Å²) < 4.78 is 30.8. The van der Waals surface area contributed by atoms with E-state index < -0.39 is 30.1 Å². The fourth-order valence-electron chi connectivity index (χ4n) is 0.666. The van der Waals surface area contributed by atoms with E-state index in [-0.39, 0.29) is 0 Å². The average Bonchev–Trinajstić information content (AvgIpc) is 2.65. The Balaban J connectivity index is 2.98. The molecule has 62 valence electrons. The Morgan fingerprint density at radius 2 is 1.73 bits per heavy atom. The zero-order valence-electron chi connectivity index (χ0n) is 9.21. The first-order chi connectivity index (χ1) is 6.37. The van der Waals surface area contributed by atoms with Gasteiger partial charge in [0.25, 0.3) is 0 Å². The molecule has 0 aromatic rings. The lowest BCUT2D eigenvalue weighted by Gasteiger charge is -1.96. The van der Waals surface area contributed by atoms with Gasteiger partial charge in [0.1, 0.15) is 0 Å². The molecule has 0 heterocycles. The molecule has 0 unspecified atom stereocenters. The highest BCUT2D eigenvalue weighted by Crippen LogP contribution is 2.40. The van der Waals surface area contributed by atoms with Crippen molar-refractivity contribution >= 4 is 11.9 Å². The van der Waals surface area contributed by atoms with Crippen molar-refractivity contribution in [2.45, 2.75) is 6.40 Å². The van der Waals surface area contributed by atoms with Crippen molar-refractivity contribution in [2.75, 3.05) is 14.2 Å². The molecule has 0 N–H and O–H groups in total. The van der Waals surface area contributed by atoms with E-state index in [2.05, 4.69) is 9.47 Å². The lowest BCUT2D eigenvalue weighted by Crippen LogP contribution is -2.10. The van der Waals surface area contributed by atoms with E-state index >= 15 is 0 Å². The molecule has 4 heteroatoms. The second-order valence-corrected chi connectivity index (χ2v) is 1.95. The van der Waals surface area contributed by atoms with Crippen LogP contribution in [0.25, 0.3) is 0 Å². The Morgan fingerprint density at radius 3 is 2.00 bits per heavy atom. The Bertz CT molecular complexity index is 267. The fourth-order valence-corrected chi connectivity index (χ4v) is 0.666. The molecule has 1 aliphatic carbocycles. The number of carbonyl (C=O) groups is 2. The van der Waals surface area contributed by atoms with Gasteiger partial charge in [0.15, 0.2) is 0 Å². The predicted molar refractivity (Wildman–Crippen MR) is 35.6 cm³/mol. The number of methoxy groups -OCH3 is 2. The molecule has 4 nitrogen and oxygen atoms in total. The van der Waals surface area contributed by atoms with Gasteiger partial charge in [0.05, 0.1) is 26.0 Å². The zero-order valence-corrected chi connectivity index (χ0v) is 6.21. The quantitative estimate of drug-likeness (QED) is 0.422. The predicted octanol–water partition coefficient (Wildman–Crippen LogP) is -0.0315. The minimum Gasteiger partial charge on any atom is -0.469 e. The lowest BCUT2D eigenvalue weighted by molar-refractivity contribution is -0.148. The van der Waals surface area contributed by atoms with E-state index in [9.17, 15) is 9.59 Å². The minimum absolute atomic E-state index is 1.04. The van der Waals surface area contributed by atoms with Gasteiger partial charge in [-0.15, -0.1) is 0 Å². The topological polar surface area (TPSA) is 52.6 Å². The number of carbonyl (C=O) groups excluding carboxylic acids is 2. The van der Waals surface area contributed by atoms with Crippen LogP contribution in [-0.4, -0.2) is 26.2 Å².